The summed E-state index contributed by atoms with van der Waals surface area (Å²) in [5.74, 6) is -2.77. The molecule has 2 rings (SSSR count). The molecule has 0 saturated heterocycles. The fourth-order valence-electron chi connectivity index (χ4n) is 1.67. The second-order valence-corrected chi connectivity index (χ2v) is 4.16. The van der Waals surface area contributed by atoms with Crippen LogP contribution in [0.4, 0.5) is 0 Å². The Hall–Kier alpha value is -2.44. The van der Waals surface area contributed by atoms with Gasteiger partial charge in [-0.15, -0.1) is 0 Å². The summed E-state index contributed by atoms with van der Waals surface area (Å²) in [6.45, 7) is 0. The first-order chi connectivity index (χ1) is 9.49. The molecule has 3 N–H and O–H groups in total. The molecule has 6 heteroatoms. The zero-order valence-electron chi connectivity index (χ0n) is 10.3. The van der Waals surface area contributed by atoms with Gasteiger partial charge in [0.25, 0.3) is 0 Å². The minimum atomic E-state index is -2.22. The first-order valence-electron chi connectivity index (χ1n) is 5.78. The maximum absolute atomic E-state index is 11.5. The van der Waals surface area contributed by atoms with Crippen LogP contribution in [0, 0.1) is 0 Å². The number of carbonyl (C=O) groups excluding carboxylic acids is 1. The Morgan fingerprint density at radius 2 is 1.60 bits per heavy atom. The molecular formula is C14H12O6. The second kappa shape index (κ2) is 5.68. The average Bonchev–Trinajstić information content (AvgIpc) is 2.45. The molecule has 0 spiro atoms. The molecule has 6 nitrogen and oxygen atoms in total. The summed E-state index contributed by atoms with van der Waals surface area (Å²) >= 11 is 0. The molecule has 0 unspecified atom stereocenters. The molecule has 0 bridgehead atoms. The first-order valence-corrected chi connectivity index (χ1v) is 5.78. The summed E-state index contributed by atoms with van der Waals surface area (Å²) < 4.78 is 4.84. The van der Waals surface area contributed by atoms with Crippen molar-refractivity contribution >= 4 is 22.7 Å². The van der Waals surface area contributed by atoms with Crippen molar-refractivity contribution in [2.45, 2.75) is 12.2 Å². The lowest BCUT2D eigenvalue weighted by molar-refractivity contribution is -0.164. The zero-order valence-corrected chi connectivity index (χ0v) is 10.3. The van der Waals surface area contributed by atoms with Crippen LogP contribution in [0.2, 0.25) is 0 Å². The molecule has 0 aliphatic rings. The quantitative estimate of drug-likeness (QED) is 0.556. The molecule has 0 fully saturated rings. The lowest BCUT2D eigenvalue weighted by Gasteiger charge is -2.13. The fourth-order valence-corrected chi connectivity index (χ4v) is 1.67. The smallest absolute Gasteiger partial charge is 0.343 e. The van der Waals surface area contributed by atoms with E-state index in [0.717, 1.165) is 10.8 Å². The van der Waals surface area contributed by atoms with Crippen LogP contribution >= 0.6 is 0 Å². The summed E-state index contributed by atoms with van der Waals surface area (Å²) in [6.07, 6.45) is -4.36. The molecule has 2 atom stereocenters. The Morgan fingerprint density at radius 1 is 0.950 bits per heavy atom. The van der Waals surface area contributed by atoms with Gasteiger partial charge in [-0.3, -0.25) is 0 Å². The number of fused-ring (bicyclic) bond motifs is 1. The molecule has 20 heavy (non-hydrogen) atoms. The minimum Gasteiger partial charge on any atom is -0.479 e. The van der Waals surface area contributed by atoms with Gasteiger partial charge in [0.05, 0.1) is 0 Å². The Morgan fingerprint density at radius 3 is 2.25 bits per heavy atom. The summed E-state index contributed by atoms with van der Waals surface area (Å²) in [5.41, 5.74) is 0. The normalized spacial score (nSPS) is 13.7. The number of aliphatic carboxylic acids is 1. The van der Waals surface area contributed by atoms with Crippen molar-refractivity contribution in [3.05, 3.63) is 42.5 Å². The number of esters is 1. The van der Waals surface area contributed by atoms with Gasteiger partial charge < -0.3 is 20.1 Å². The lowest BCUT2D eigenvalue weighted by Crippen LogP contribution is -2.41. The van der Waals surface area contributed by atoms with Crippen LogP contribution in [0.1, 0.15) is 0 Å². The maximum Gasteiger partial charge on any atom is 0.343 e. The standard InChI is InChI=1S/C14H12O6/c15-11(13(17)18)12(16)14(19)20-10-6-5-8-3-1-2-4-9(8)7-10/h1-7,11-12,15-16H,(H,17,18)/t11-,12-/m0/s1. The number of aliphatic hydroxyl groups excluding tert-OH is 2. The molecule has 2 aromatic carbocycles. The van der Waals surface area contributed by atoms with E-state index in [4.69, 9.17) is 14.9 Å². The maximum atomic E-state index is 11.5. The highest BCUT2D eigenvalue weighted by Crippen LogP contribution is 2.21. The van der Waals surface area contributed by atoms with Gasteiger partial charge in [-0.05, 0) is 22.9 Å². The monoisotopic (exact) mass is 276 g/mol. The number of aliphatic hydroxyl groups is 2. The van der Waals surface area contributed by atoms with Gasteiger partial charge in [-0.25, -0.2) is 9.59 Å². The van der Waals surface area contributed by atoms with Crippen LogP contribution in [0.25, 0.3) is 10.8 Å². The van der Waals surface area contributed by atoms with E-state index in [0.29, 0.717) is 0 Å². The van der Waals surface area contributed by atoms with E-state index in [1.807, 2.05) is 24.3 Å². The van der Waals surface area contributed by atoms with Gasteiger partial charge >= 0.3 is 11.9 Å². The Labute approximate surface area is 113 Å². The van der Waals surface area contributed by atoms with E-state index >= 15 is 0 Å². The summed E-state index contributed by atoms with van der Waals surface area (Å²) in [5, 5.41) is 28.6. The predicted molar refractivity (Wildman–Crippen MR) is 69.2 cm³/mol. The van der Waals surface area contributed by atoms with E-state index in [2.05, 4.69) is 0 Å². The number of hydrogen-bond donors (Lipinski definition) is 3. The van der Waals surface area contributed by atoms with Crippen molar-refractivity contribution in [2.24, 2.45) is 0 Å². The minimum absolute atomic E-state index is 0.158. The van der Waals surface area contributed by atoms with Crippen molar-refractivity contribution in [1.82, 2.24) is 0 Å². The van der Waals surface area contributed by atoms with Crippen molar-refractivity contribution in [1.29, 1.82) is 0 Å². The van der Waals surface area contributed by atoms with Gasteiger partial charge in [-0.1, -0.05) is 30.3 Å². The summed E-state index contributed by atoms with van der Waals surface area (Å²) in [7, 11) is 0. The molecule has 2 aromatic rings. The van der Waals surface area contributed by atoms with Crippen molar-refractivity contribution in [3.8, 4) is 5.75 Å². The molecule has 0 aliphatic heterocycles. The Bertz CT molecular complexity index is 651. The van der Waals surface area contributed by atoms with Gasteiger partial charge in [0.15, 0.2) is 12.2 Å². The van der Waals surface area contributed by atoms with E-state index in [9.17, 15) is 14.7 Å². The highest BCUT2D eigenvalue weighted by molar-refractivity contribution is 5.87. The molecule has 0 saturated carbocycles. The third-order valence-electron chi connectivity index (χ3n) is 2.73. The SMILES string of the molecule is O=C(O)[C@@H](O)[C@H](O)C(=O)Oc1ccc2ccccc2c1. The number of carboxylic acids is 1. The number of carboxylic acid groups (broad SMARTS) is 1. The van der Waals surface area contributed by atoms with Gasteiger partial charge in [0.1, 0.15) is 5.75 Å². The van der Waals surface area contributed by atoms with E-state index < -0.39 is 24.1 Å². The van der Waals surface area contributed by atoms with Gasteiger partial charge in [-0.2, -0.15) is 0 Å². The molecule has 104 valence electrons. The van der Waals surface area contributed by atoms with E-state index in [-0.39, 0.29) is 5.75 Å². The van der Waals surface area contributed by atoms with Crippen molar-refractivity contribution < 1.29 is 29.6 Å². The molecule has 0 amide bonds. The number of rotatable bonds is 4. The third kappa shape index (κ3) is 2.93. The van der Waals surface area contributed by atoms with E-state index in [1.54, 1.807) is 12.1 Å². The number of benzene rings is 2. The fraction of sp³-hybridized carbons (Fsp3) is 0.143. The lowest BCUT2D eigenvalue weighted by atomic mass is 10.1. The summed E-state index contributed by atoms with van der Waals surface area (Å²) in [6, 6.07) is 12.2. The highest BCUT2D eigenvalue weighted by atomic mass is 16.6. The molecule has 0 heterocycles. The largest absolute Gasteiger partial charge is 0.479 e. The molecular weight excluding hydrogens is 264 g/mol. The zero-order chi connectivity index (χ0) is 14.7. The first kappa shape index (κ1) is 14.0. The molecule has 0 aromatic heterocycles. The number of hydrogen-bond acceptors (Lipinski definition) is 5. The summed E-state index contributed by atoms with van der Waals surface area (Å²) in [4.78, 5) is 22.0. The Kier molecular flexibility index (Phi) is 3.97. The third-order valence-corrected chi connectivity index (χ3v) is 2.73. The average molecular weight is 276 g/mol. The van der Waals surface area contributed by atoms with Crippen LogP contribution in [0.5, 0.6) is 5.75 Å². The van der Waals surface area contributed by atoms with Crippen LogP contribution < -0.4 is 4.74 Å². The van der Waals surface area contributed by atoms with Gasteiger partial charge in [0, 0.05) is 0 Å². The van der Waals surface area contributed by atoms with Crippen LogP contribution in [-0.2, 0) is 9.59 Å². The number of carbonyl (C=O) groups is 2. The predicted octanol–water partition coefficient (Wildman–Crippen LogP) is 0.552. The van der Waals surface area contributed by atoms with Crippen LogP contribution in [0.3, 0.4) is 0 Å². The van der Waals surface area contributed by atoms with Crippen molar-refractivity contribution in [2.75, 3.05) is 0 Å². The molecule has 0 aliphatic carbocycles. The highest BCUT2D eigenvalue weighted by Gasteiger charge is 2.31. The van der Waals surface area contributed by atoms with Gasteiger partial charge in [0.2, 0.25) is 0 Å². The van der Waals surface area contributed by atoms with Crippen molar-refractivity contribution in [3.63, 3.8) is 0 Å². The van der Waals surface area contributed by atoms with Crippen LogP contribution in [0.15, 0.2) is 42.5 Å². The van der Waals surface area contributed by atoms with Crippen LogP contribution in [-0.4, -0.2) is 39.5 Å². The Balaban J connectivity index is 2.15. The number of ether oxygens (including phenoxy) is 1. The second-order valence-electron chi connectivity index (χ2n) is 4.16. The van der Waals surface area contributed by atoms with E-state index in [1.165, 1.54) is 6.07 Å². The topological polar surface area (TPSA) is 104 Å². The molecule has 0 radical (unpaired) electrons.